The molecule has 4 nitrogen and oxygen atoms in total. The summed E-state index contributed by atoms with van der Waals surface area (Å²) in [6.45, 7) is 0. The summed E-state index contributed by atoms with van der Waals surface area (Å²) in [7, 11) is 1.46. The Labute approximate surface area is 126 Å². The van der Waals surface area contributed by atoms with Crippen molar-refractivity contribution in [1.82, 2.24) is 10.6 Å². The summed E-state index contributed by atoms with van der Waals surface area (Å²) in [5.74, 6) is 1.08. The van der Waals surface area contributed by atoms with Crippen molar-refractivity contribution >= 4 is 46.9 Å². The van der Waals surface area contributed by atoms with E-state index in [-0.39, 0.29) is 5.91 Å². The predicted octanol–water partition coefficient (Wildman–Crippen LogP) is 3.07. The average Bonchev–Trinajstić information content (AvgIpc) is 2.38. The molecule has 0 aliphatic heterocycles. The van der Waals surface area contributed by atoms with Gasteiger partial charge in [-0.2, -0.15) is 11.8 Å². The highest BCUT2D eigenvalue weighted by atomic mass is 35.5. The van der Waals surface area contributed by atoms with Gasteiger partial charge < -0.3 is 5.32 Å². The molecule has 0 radical (unpaired) electrons. The van der Waals surface area contributed by atoms with Crippen LogP contribution in [0.3, 0.4) is 0 Å². The SMILES string of the molecule is CNC(=O)NC(=O)CCSCc1ccc(Cl)c(Cl)c1. The van der Waals surface area contributed by atoms with Crippen LogP contribution in [0.1, 0.15) is 12.0 Å². The summed E-state index contributed by atoms with van der Waals surface area (Å²) in [5, 5.41) is 5.58. The first kappa shape index (κ1) is 16.1. The maximum Gasteiger partial charge on any atom is 0.321 e. The van der Waals surface area contributed by atoms with E-state index < -0.39 is 6.03 Å². The van der Waals surface area contributed by atoms with Crippen LogP contribution in [0.15, 0.2) is 18.2 Å². The number of amides is 3. The molecule has 104 valence electrons. The smallest absolute Gasteiger partial charge is 0.321 e. The molecule has 0 saturated heterocycles. The van der Waals surface area contributed by atoms with Crippen LogP contribution < -0.4 is 10.6 Å². The Morgan fingerprint density at radius 2 is 2.00 bits per heavy atom. The van der Waals surface area contributed by atoms with Crippen molar-refractivity contribution in [3.63, 3.8) is 0 Å². The third kappa shape index (κ3) is 6.18. The first-order chi connectivity index (χ1) is 9.02. The highest BCUT2D eigenvalue weighted by Crippen LogP contribution is 2.24. The fourth-order valence-corrected chi connectivity index (χ4v) is 2.45. The van der Waals surface area contributed by atoms with Crippen molar-refractivity contribution in [3.05, 3.63) is 33.8 Å². The minimum atomic E-state index is -0.487. The highest BCUT2D eigenvalue weighted by molar-refractivity contribution is 7.98. The zero-order valence-electron chi connectivity index (χ0n) is 10.3. The van der Waals surface area contributed by atoms with Gasteiger partial charge in [0.25, 0.3) is 0 Å². The fourth-order valence-electron chi connectivity index (χ4n) is 1.24. The molecular formula is C12H14Cl2N2O2S. The molecule has 19 heavy (non-hydrogen) atoms. The molecule has 0 fully saturated rings. The van der Waals surface area contributed by atoms with E-state index >= 15 is 0 Å². The molecule has 0 aliphatic rings. The topological polar surface area (TPSA) is 58.2 Å². The number of hydrogen-bond acceptors (Lipinski definition) is 3. The largest absolute Gasteiger partial charge is 0.341 e. The number of carbonyl (C=O) groups is 2. The molecule has 7 heteroatoms. The number of nitrogens with one attached hydrogen (secondary N) is 2. The van der Waals surface area contributed by atoms with Crippen LogP contribution in [0.2, 0.25) is 10.0 Å². The van der Waals surface area contributed by atoms with Gasteiger partial charge in [0.15, 0.2) is 0 Å². The van der Waals surface area contributed by atoms with E-state index in [1.807, 2.05) is 12.1 Å². The van der Waals surface area contributed by atoms with E-state index in [4.69, 9.17) is 23.2 Å². The minimum Gasteiger partial charge on any atom is -0.341 e. The van der Waals surface area contributed by atoms with Crippen molar-refractivity contribution in [3.8, 4) is 0 Å². The van der Waals surface area contributed by atoms with E-state index in [9.17, 15) is 9.59 Å². The van der Waals surface area contributed by atoms with Gasteiger partial charge in [-0.25, -0.2) is 4.79 Å². The Morgan fingerprint density at radius 1 is 1.26 bits per heavy atom. The van der Waals surface area contributed by atoms with Gasteiger partial charge in [-0.15, -0.1) is 0 Å². The molecule has 2 N–H and O–H groups in total. The number of imide groups is 1. The van der Waals surface area contributed by atoms with Gasteiger partial charge in [0.2, 0.25) is 5.91 Å². The summed E-state index contributed by atoms with van der Waals surface area (Å²) < 4.78 is 0. The van der Waals surface area contributed by atoms with Gasteiger partial charge in [0.05, 0.1) is 10.0 Å². The molecule has 1 aromatic carbocycles. The van der Waals surface area contributed by atoms with Gasteiger partial charge in [-0.3, -0.25) is 10.1 Å². The fraction of sp³-hybridized carbons (Fsp3) is 0.333. The van der Waals surface area contributed by atoms with Gasteiger partial charge in [0.1, 0.15) is 0 Å². The third-order valence-corrected chi connectivity index (χ3v) is 3.98. The zero-order chi connectivity index (χ0) is 14.3. The molecule has 3 amide bonds. The molecule has 0 atom stereocenters. The van der Waals surface area contributed by atoms with Crippen molar-refractivity contribution in [1.29, 1.82) is 0 Å². The number of urea groups is 1. The number of thioether (sulfide) groups is 1. The maximum absolute atomic E-state index is 11.3. The molecule has 0 heterocycles. The van der Waals surface area contributed by atoms with E-state index in [1.165, 1.54) is 7.05 Å². The number of benzene rings is 1. The maximum atomic E-state index is 11.3. The predicted molar refractivity (Wildman–Crippen MR) is 79.8 cm³/mol. The summed E-state index contributed by atoms with van der Waals surface area (Å²) in [6, 6.07) is 4.96. The second-order valence-corrected chi connectivity index (χ2v) is 5.60. The Balaban J connectivity index is 2.25. The lowest BCUT2D eigenvalue weighted by Gasteiger charge is -2.04. The van der Waals surface area contributed by atoms with Crippen LogP contribution in [0.25, 0.3) is 0 Å². The Hall–Kier alpha value is -0.910. The van der Waals surface area contributed by atoms with Crippen molar-refractivity contribution in [2.45, 2.75) is 12.2 Å². The van der Waals surface area contributed by atoms with Gasteiger partial charge in [-0.05, 0) is 17.7 Å². The minimum absolute atomic E-state index is 0.291. The molecule has 1 rings (SSSR count). The Morgan fingerprint density at radius 3 is 2.63 bits per heavy atom. The lowest BCUT2D eigenvalue weighted by atomic mass is 10.2. The molecule has 0 aromatic heterocycles. The second-order valence-electron chi connectivity index (χ2n) is 3.68. The van der Waals surface area contributed by atoms with E-state index in [0.29, 0.717) is 22.2 Å². The first-order valence-electron chi connectivity index (χ1n) is 5.56. The molecule has 0 unspecified atom stereocenters. The molecule has 0 spiro atoms. The molecule has 1 aromatic rings. The van der Waals surface area contributed by atoms with Crippen molar-refractivity contribution in [2.75, 3.05) is 12.8 Å². The second kappa shape index (κ2) is 8.30. The number of rotatable bonds is 5. The van der Waals surface area contributed by atoms with Gasteiger partial charge >= 0.3 is 6.03 Å². The standard InChI is InChI=1S/C12H14Cl2N2O2S/c1-15-12(18)16-11(17)4-5-19-7-8-2-3-9(13)10(14)6-8/h2-3,6H,4-5,7H2,1H3,(H2,15,16,17,18). The van der Waals surface area contributed by atoms with Crippen LogP contribution >= 0.6 is 35.0 Å². The summed E-state index contributed by atoms with van der Waals surface area (Å²) in [6.07, 6.45) is 0.291. The highest BCUT2D eigenvalue weighted by Gasteiger charge is 2.05. The summed E-state index contributed by atoms with van der Waals surface area (Å²) >= 11 is 13.3. The van der Waals surface area contributed by atoms with E-state index in [2.05, 4.69) is 10.6 Å². The van der Waals surface area contributed by atoms with Gasteiger partial charge in [-0.1, -0.05) is 29.3 Å². The normalized spacial score (nSPS) is 10.1. The van der Waals surface area contributed by atoms with E-state index in [1.54, 1.807) is 17.8 Å². The van der Waals surface area contributed by atoms with Crippen LogP contribution in [-0.2, 0) is 10.5 Å². The summed E-state index contributed by atoms with van der Waals surface area (Å²) in [5.41, 5.74) is 1.05. The van der Waals surface area contributed by atoms with Gasteiger partial charge in [0, 0.05) is 25.0 Å². The lowest BCUT2D eigenvalue weighted by molar-refractivity contribution is -0.119. The zero-order valence-corrected chi connectivity index (χ0v) is 12.7. The molecule has 0 bridgehead atoms. The quantitative estimate of drug-likeness (QED) is 0.820. The lowest BCUT2D eigenvalue weighted by Crippen LogP contribution is -2.37. The molecule has 0 saturated carbocycles. The molecular weight excluding hydrogens is 307 g/mol. The summed E-state index contributed by atoms with van der Waals surface area (Å²) in [4.78, 5) is 22.2. The Bertz CT molecular complexity index is 469. The monoisotopic (exact) mass is 320 g/mol. The molecule has 0 aliphatic carbocycles. The third-order valence-electron chi connectivity index (χ3n) is 2.21. The average molecular weight is 321 g/mol. The number of hydrogen-bond donors (Lipinski definition) is 2. The van der Waals surface area contributed by atoms with Crippen molar-refractivity contribution in [2.24, 2.45) is 0 Å². The number of carbonyl (C=O) groups excluding carboxylic acids is 2. The van der Waals surface area contributed by atoms with Crippen LogP contribution in [-0.4, -0.2) is 24.7 Å². The van der Waals surface area contributed by atoms with Crippen molar-refractivity contribution < 1.29 is 9.59 Å². The van der Waals surface area contributed by atoms with E-state index in [0.717, 1.165) is 11.3 Å². The first-order valence-corrected chi connectivity index (χ1v) is 7.47. The van der Waals surface area contributed by atoms with Crippen LogP contribution in [0, 0.1) is 0 Å². The van der Waals surface area contributed by atoms with Crippen LogP contribution in [0.4, 0.5) is 4.79 Å². The number of halogens is 2. The van der Waals surface area contributed by atoms with Crippen LogP contribution in [0.5, 0.6) is 0 Å². The Kier molecular flexibility index (Phi) is 7.05.